The van der Waals surface area contributed by atoms with E-state index in [0.29, 0.717) is 5.71 Å². The summed E-state index contributed by atoms with van der Waals surface area (Å²) in [5, 5.41) is 0. The van der Waals surface area contributed by atoms with Gasteiger partial charge in [0.05, 0.1) is 6.54 Å². The number of aliphatic imine (C=N–C) groups is 1. The second-order valence-corrected chi connectivity index (χ2v) is 6.11. The minimum Gasteiger partial charge on any atom is -0.331 e. The number of hydrogen-bond acceptors (Lipinski definition) is 2. The minimum atomic E-state index is -0.152. The first kappa shape index (κ1) is 12.2. The summed E-state index contributed by atoms with van der Waals surface area (Å²) < 4.78 is 0. The molecule has 0 spiro atoms. The molecule has 1 amide bonds. The molecule has 1 rings (SSSR count). The summed E-state index contributed by atoms with van der Waals surface area (Å²) in [5.41, 5.74) is 0.452. The van der Waals surface area contributed by atoms with Crippen molar-refractivity contribution in [2.24, 2.45) is 10.4 Å². The lowest BCUT2D eigenvalue weighted by molar-refractivity contribution is -0.129. The molecule has 3 nitrogen and oxygen atoms in total. The molecule has 0 N–H and O–H groups in total. The van der Waals surface area contributed by atoms with Crippen molar-refractivity contribution in [3.63, 3.8) is 0 Å². The van der Waals surface area contributed by atoms with Gasteiger partial charge in [0.1, 0.15) is 5.71 Å². The number of hydrogen-bond donors (Lipinski definition) is 0. The molecular formula is C12H22N2O. The molecule has 0 aromatic rings. The zero-order chi connectivity index (χ0) is 11.9. The number of carbonyl (C=O) groups is 1. The normalized spacial score (nSPS) is 19.2. The lowest BCUT2D eigenvalue weighted by Gasteiger charge is -2.40. The van der Waals surface area contributed by atoms with Crippen LogP contribution in [0, 0.1) is 5.41 Å². The van der Waals surface area contributed by atoms with Crippen molar-refractivity contribution in [2.75, 3.05) is 13.1 Å². The Kier molecular flexibility index (Phi) is 2.94. The van der Waals surface area contributed by atoms with E-state index in [0.717, 1.165) is 13.1 Å². The van der Waals surface area contributed by atoms with Gasteiger partial charge in [-0.15, -0.1) is 0 Å². The zero-order valence-electron chi connectivity index (χ0n) is 10.7. The first-order valence-electron chi connectivity index (χ1n) is 5.51. The highest BCUT2D eigenvalue weighted by Crippen LogP contribution is 2.24. The van der Waals surface area contributed by atoms with Gasteiger partial charge in [0.2, 0.25) is 0 Å². The van der Waals surface area contributed by atoms with E-state index in [1.165, 1.54) is 0 Å². The third-order valence-corrected chi connectivity index (χ3v) is 2.56. The third-order valence-electron chi connectivity index (χ3n) is 2.56. The van der Waals surface area contributed by atoms with Crippen molar-refractivity contribution in [1.82, 2.24) is 4.90 Å². The molecule has 1 heterocycles. The Morgan fingerprint density at radius 1 is 1.13 bits per heavy atom. The molecule has 1 aliphatic rings. The van der Waals surface area contributed by atoms with Crippen molar-refractivity contribution < 1.29 is 4.79 Å². The molecule has 0 aromatic heterocycles. The van der Waals surface area contributed by atoms with E-state index in [-0.39, 0.29) is 16.9 Å². The maximum Gasteiger partial charge on any atom is 0.268 e. The summed E-state index contributed by atoms with van der Waals surface area (Å²) in [6, 6.07) is 0. The van der Waals surface area contributed by atoms with Crippen LogP contribution in [0.25, 0.3) is 0 Å². The third kappa shape index (κ3) is 2.58. The fourth-order valence-corrected chi connectivity index (χ4v) is 1.76. The van der Waals surface area contributed by atoms with Crippen LogP contribution in [0.15, 0.2) is 4.99 Å². The van der Waals surface area contributed by atoms with E-state index in [2.05, 4.69) is 25.8 Å². The Morgan fingerprint density at radius 3 is 2.07 bits per heavy atom. The van der Waals surface area contributed by atoms with Crippen LogP contribution in [0.2, 0.25) is 0 Å². The van der Waals surface area contributed by atoms with Gasteiger partial charge in [0.25, 0.3) is 5.91 Å². The van der Waals surface area contributed by atoms with Crippen molar-refractivity contribution in [3.05, 3.63) is 0 Å². The number of carbonyl (C=O) groups excluding carboxylic acids is 1. The van der Waals surface area contributed by atoms with Crippen LogP contribution in [-0.4, -0.2) is 35.1 Å². The first-order chi connectivity index (χ1) is 6.64. The molecule has 0 saturated heterocycles. The number of amides is 1. The van der Waals surface area contributed by atoms with Gasteiger partial charge in [-0.3, -0.25) is 9.79 Å². The molecule has 3 heteroatoms. The average molecular weight is 210 g/mol. The summed E-state index contributed by atoms with van der Waals surface area (Å²) in [6.07, 6.45) is 0. The summed E-state index contributed by atoms with van der Waals surface area (Å²) in [5.74, 6) is 0.0984. The lowest BCUT2D eigenvalue weighted by atomic mass is 9.87. The Bertz CT molecular complexity index is 292. The Morgan fingerprint density at radius 2 is 1.67 bits per heavy atom. The minimum absolute atomic E-state index is 0.0984. The summed E-state index contributed by atoms with van der Waals surface area (Å²) in [4.78, 5) is 18.5. The van der Waals surface area contributed by atoms with Crippen LogP contribution < -0.4 is 0 Å². The van der Waals surface area contributed by atoms with Crippen molar-refractivity contribution in [1.29, 1.82) is 0 Å². The monoisotopic (exact) mass is 210 g/mol. The predicted molar refractivity (Wildman–Crippen MR) is 63.2 cm³/mol. The molecule has 1 aliphatic heterocycles. The highest BCUT2D eigenvalue weighted by Gasteiger charge is 2.36. The van der Waals surface area contributed by atoms with Gasteiger partial charge >= 0.3 is 0 Å². The van der Waals surface area contributed by atoms with Crippen LogP contribution in [0.5, 0.6) is 0 Å². The fourth-order valence-electron chi connectivity index (χ4n) is 1.76. The van der Waals surface area contributed by atoms with Crippen molar-refractivity contribution in [2.45, 2.75) is 47.1 Å². The standard InChI is InChI=1S/C12H22N2O/c1-11(2,3)9-10(15)14(8-7-13-9)12(4,5)6/h7-8H2,1-6H3. The van der Waals surface area contributed by atoms with Gasteiger partial charge < -0.3 is 4.90 Å². The van der Waals surface area contributed by atoms with Crippen LogP contribution in [0.4, 0.5) is 0 Å². The smallest absolute Gasteiger partial charge is 0.268 e. The lowest BCUT2D eigenvalue weighted by Crippen LogP contribution is -2.54. The first-order valence-corrected chi connectivity index (χ1v) is 5.51. The van der Waals surface area contributed by atoms with Crippen molar-refractivity contribution in [3.8, 4) is 0 Å². The molecule has 0 aliphatic carbocycles. The van der Waals surface area contributed by atoms with E-state index in [1.54, 1.807) is 0 Å². The van der Waals surface area contributed by atoms with E-state index >= 15 is 0 Å². The van der Waals surface area contributed by atoms with E-state index < -0.39 is 0 Å². The molecule has 86 valence electrons. The maximum atomic E-state index is 12.2. The summed E-state index contributed by atoms with van der Waals surface area (Å²) >= 11 is 0. The highest BCUT2D eigenvalue weighted by molar-refractivity contribution is 6.41. The van der Waals surface area contributed by atoms with Gasteiger partial charge in [-0.05, 0) is 20.8 Å². The molecule has 0 bridgehead atoms. The quantitative estimate of drug-likeness (QED) is 0.602. The second kappa shape index (κ2) is 3.62. The Balaban J connectivity index is 2.98. The van der Waals surface area contributed by atoms with E-state index in [4.69, 9.17) is 0 Å². The maximum absolute atomic E-state index is 12.2. The van der Waals surface area contributed by atoms with E-state index in [1.807, 2.05) is 25.7 Å². The van der Waals surface area contributed by atoms with Crippen LogP contribution in [0.3, 0.4) is 0 Å². The van der Waals surface area contributed by atoms with Crippen LogP contribution in [0.1, 0.15) is 41.5 Å². The van der Waals surface area contributed by atoms with Crippen LogP contribution in [-0.2, 0) is 4.79 Å². The zero-order valence-corrected chi connectivity index (χ0v) is 10.7. The SMILES string of the molecule is CC(C)(C)C1=NCCN(C(C)(C)C)C1=O. The van der Waals surface area contributed by atoms with Crippen LogP contribution >= 0.6 is 0 Å². The molecule has 0 aromatic carbocycles. The summed E-state index contributed by atoms with van der Waals surface area (Å²) in [6.45, 7) is 13.8. The van der Waals surface area contributed by atoms with Gasteiger partial charge in [0.15, 0.2) is 0 Å². The van der Waals surface area contributed by atoms with Gasteiger partial charge in [-0.25, -0.2) is 0 Å². The Hall–Kier alpha value is -0.860. The number of rotatable bonds is 0. The molecular weight excluding hydrogens is 188 g/mol. The van der Waals surface area contributed by atoms with Gasteiger partial charge in [0, 0.05) is 17.5 Å². The molecule has 0 saturated carbocycles. The highest BCUT2D eigenvalue weighted by atomic mass is 16.2. The molecule has 0 radical (unpaired) electrons. The summed E-state index contributed by atoms with van der Waals surface area (Å²) in [7, 11) is 0. The molecule has 0 atom stereocenters. The predicted octanol–water partition coefficient (Wildman–Crippen LogP) is 2.11. The van der Waals surface area contributed by atoms with Gasteiger partial charge in [-0.1, -0.05) is 20.8 Å². The van der Waals surface area contributed by atoms with Gasteiger partial charge in [-0.2, -0.15) is 0 Å². The average Bonchev–Trinajstić information content (AvgIpc) is 1.99. The molecule has 0 unspecified atom stereocenters. The molecule has 0 fully saturated rings. The topological polar surface area (TPSA) is 32.7 Å². The second-order valence-electron chi connectivity index (χ2n) is 6.11. The van der Waals surface area contributed by atoms with Crippen molar-refractivity contribution >= 4 is 11.6 Å². The number of nitrogens with zero attached hydrogens (tertiary/aromatic N) is 2. The largest absolute Gasteiger partial charge is 0.331 e. The fraction of sp³-hybridized carbons (Fsp3) is 0.833. The van der Waals surface area contributed by atoms with E-state index in [9.17, 15) is 4.79 Å². The molecule has 15 heavy (non-hydrogen) atoms. The Labute approximate surface area is 92.6 Å².